The Kier molecular flexibility index (Phi) is 3.55. The van der Waals surface area contributed by atoms with Crippen LogP contribution in [0.25, 0.3) is 22.2 Å². The second kappa shape index (κ2) is 5.67. The van der Waals surface area contributed by atoms with Gasteiger partial charge in [-0.05, 0) is 23.8 Å². The highest BCUT2D eigenvalue weighted by Gasteiger charge is 2.17. The standard InChI is InChI=1S/C17H15N5O3S/c1-20(2)10-6-4-9(5-7-10)8-11-15(24)22-12-13(18-17(22)26-11)21(3)16(25)19-14(12)23/h4-8H,1-3H3,(H,19,23,25)/b11-8+. The Morgan fingerprint density at radius 1 is 1.15 bits per heavy atom. The van der Waals surface area contributed by atoms with Gasteiger partial charge in [0.25, 0.3) is 11.1 Å². The fourth-order valence-electron chi connectivity index (χ4n) is 2.78. The number of rotatable bonds is 2. The van der Waals surface area contributed by atoms with Gasteiger partial charge in [-0.1, -0.05) is 23.5 Å². The van der Waals surface area contributed by atoms with Crippen LogP contribution in [-0.4, -0.2) is 33.0 Å². The van der Waals surface area contributed by atoms with Crippen LogP contribution in [-0.2, 0) is 7.05 Å². The van der Waals surface area contributed by atoms with Crippen molar-refractivity contribution in [2.45, 2.75) is 0 Å². The first-order valence-electron chi connectivity index (χ1n) is 7.80. The summed E-state index contributed by atoms with van der Waals surface area (Å²) in [7, 11) is 5.42. The van der Waals surface area contributed by atoms with Crippen LogP contribution < -0.4 is 26.2 Å². The first-order valence-corrected chi connectivity index (χ1v) is 8.62. The molecule has 0 saturated heterocycles. The molecule has 0 aliphatic rings. The number of benzene rings is 1. The highest BCUT2D eigenvalue weighted by molar-refractivity contribution is 7.15. The molecule has 0 aliphatic heterocycles. The predicted molar refractivity (Wildman–Crippen MR) is 102 cm³/mol. The average molecular weight is 369 g/mol. The van der Waals surface area contributed by atoms with E-state index >= 15 is 0 Å². The van der Waals surface area contributed by atoms with E-state index < -0.39 is 11.2 Å². The molecule has 0 amide bonds. The molecular formula is C17H15N5O3S. The zero-order chi connectivity index (χ0) is 18.6. The van der Waals surface area contributed by atoms with E-state index in [1.54, 1.807) is 6.08 Å². The minimum atomic E-state index is -0.618. The first-order chi connectivity index (χ1) is 12.4. The molecule has 0 atom stereocenters. The minimum absolute atomic E-state index is 0.0888. The Balaban J connectivity index is 1.97. The van der Waals surface area contributed by atoms with E-state index in [0.717, 1.165) is 11.3 Å². The van der Waals surface area contributed by atoms with Crippen molar-refractivity contribution in [1.82, 2.24) is 18.9 Å². The van der Waals surface area contributed by atoms with Gasteiger partial charge in [-0.25, -0.2) is 9.20 Å². The number of aromatic amines is 1. The molecule has 132 valence electrons. The van der Waals surface area contributed by atoms with Crippen LogP contribution in [0.2, 0.25) is 0 Å². The normalized spacial score (nSPS) is 12.3. The summed E-state index contributed by atoms with van der Waals surface area (Å²) < 4.78 is 2.96. The van der Waals surface area contributed by atoms with Crippen molar-refractivity contribution in [3.8, 4) is 0 Å². The van der Waals surface area contributed by atoms with Gasteiger partial charge in [0.05, 0.1) is 4.53 Å². The van der Waals surface area contributed by atoms with E-state index in [2.05, 4.69) is 9.97 Å². The molecule has 8 nitrogen and oxygen atoms in total. The van der Waals surface area contributed by atoms with Gasteiger partial charge in [-0.3, -0.25) is 19.1 Å². The lowest BCUT2D eigenvalue weighted by molar-refractivity contribution is 0.832. The Bertz CT molecular complexity index is 1370. The van der Waals surface area contributed by atoms with Gasteiger partial charge in [0.15, 0.2) is 16.1 Å². The topological polar surface area (TPSA) is 92.5 Å². The van der Waals surface area contributed by atoms with E-state index in [-0.39, 0.29) is 16.7 Å². The average Bonchev–Trinajstić information content (AvgIpc) is 3.11. The lowest BCUT2D eigenvalue weighted by atomic mass is 10.2. The van der Waals surface area contributed by atoms with Gasteiger partial charge >= 0.3 is 5.69 Å². The smallest absolute Gasteiger partial charge is 0.329 e. The summed E-state index contributed by atoms with van der Waals surface area (Å²) in [6, 6.07) is 7.77. The van der Waals surface area contributed by atoms with Crippen LogP contribution >= 0.6 is 11.3 Å². The van der Waals surface area contributed by atoms with Crippen molar-refractivity contribution in [3.05, 3.63) is 65.6 Å². The number of fused-ring (bicyclic) bond motifs is 3. The Morgan fingerprint density at radius 3 is 2.50 bits per heavy atom. The van der Waals surface area contributed by atoms with E-state index in [1.165, 1.54) is 27.4 Å². The minimum Gasteiger partial charge on any atom is -0.378 e. The second-order valence-corrected chi connectivity index (χ2v) is 7.13. The van der Waals surface area contributed by atoms with Crippen LogP contribution in [0.3, 0.4) is 0 Å². The van der Waals surface area contributed by atoms with Crippen molar-refractivity contribution < 1.29 is 0 Å². The summed E-state index contributed by atoms with van der Waals surface area (Å²) in [5.74, 6) is 0. The van der Waals surface area contributed by atoms with Crippen molar-refractivity contribution in [1.29, 1.82) is 0 Å². The van der Waals surface area contributed by atoms with Crippen LogP contribution in [0.1, 0.15) is 5.56 Å². The zero-order valence-electron chi connectivity index (χ0n) is 14.3. The molecule has 0 fully saturated rings. The quantitative estimate of drug-likeness (QED) is 0.533. The number of H-pyrrole nitrogens is 1. The number of nitrogens with zero attached hydrogens (tertiary/aromatic N) is 4. The summed E-state index contributed by atoms with van der Waals surface area (Å²) >= 11 is 1.18. The maximum absolute atomic E-state index is 12.8. The van der Waals surface area contributed by atoms with Crippen molar-refractivity contribution in [3.63, 3.8) is 0 Å². The first kappa shape index (κ1) is 16.3. The van der Waals surface area contributed by atoms with E-state index in [9.17, 15) is 14.4 Å². The van der Waals surface area contributed by atoms with Gasteiger partial charge in [-0.2, -0.15) is 4.98 Å². The number of thiazole rings is 1. The monoisotopic (exact) mass is 369 g/mol. The fourth-order valence-corrected chi connectivity index (χ4v) is 3.75. The van der Waals surface area contributed by atoms with Crippen LogP contribution in [0.4, 0.5) is 5.69 Å². The number of hydrogen-bond acceptors (Lipinski definition) is 6. The third-order valence-corrected chi connectivity index (χ3v) is 5.18. The number of aromatic nitrogens is 4. The number of nitrogens with one attached hydrogen (secondary N) is 1. The van der Waals surface area contributed by atoms with Gasteiger partial charge in [0, 0.05) is 26.8 Å². The summed E-state index contributed by atoms with van der Waals surface area (Å²) in [5, 5.41) is 0. The Morgan fingerprint density at radius 2 is 1.85 bits per heavy atom. The largest absolute Gasteiger partial charge is 0.378 e. The second-order valence-electron chi connectivity index (χ2n) is 6.12. The van der Waals surface area contributed by atoms with E-state index in [0.29, 0.717) is 9.49 Å². The molecule has 26 heavy (non-hydrogen) atoms. The molecule has 9 heteroatoms. The summed E-state index contributed by atoms with van der Waals surface area (Å²) in [5.41, 5.74) is 0.718. The molecule has 4 rings (SSSR count). The van der Waals surface area contributed by atoms with Gasteiger partial charge in [0.1, 0.15) is 0 Å². The third kappa shape index (κ3) is 2.36. The summed E-state index contributed by atoms with van der Waals surface area (Å²) in [6.07, 6.45) is 1.77. The van der Waals surface area contributed by atoms with Crippen LogP contribution in [0.15, 0.2) is 38.6 Å². The molecule has 0 unspecified atom stereocenters. The SMILES string of the molecule is CN(C)c1ccc(/C=c2/sc3nc4c(c(=O)[nH]c(=O)n4C)n3c2=O)cc1. The van der Waals surface area contributed by atoms with Gasteiger partial charge < -0.3 is 4.90 Å². The van der Waals surface area contributed by atoms with E-state index in [1.807, 2.05) is 43.3 Å². The third-order valence-electron chi connectivity index (χ3n) is 4.21. The zero-order valence-corrected chi connectivity index (χ0v) is 15.1. The van der Waals surface area contributed by atoms with Crippen LogP contribution in [0.5, 0.6) is 0 Å². The fraction of sp³-hybridized carbons (Fsp3) is 0.176. The number of anilines is 1. The molecule has 0 spiro atoms. The maximum atomic E-state index is 12.8. The Labute approximate surface area is 150 Å². The van der Waals surface area contributed by atoms with Crippen molar-refractivity contribution in [2.24, 2.45) is 7.05 Å². The number of hydrogen-bond donors (Lipinski definition) is 1. The molecule has 0 aliphatic carbocycles. The van der Waals surface area contributed by atoms with Gasteiger partial charge in [0.2, 0.25) is 0 Å². The molecule has 4 aromatic rings. The maximum Gasteiger partial charge on any atom is 0.329 e. The Hall–Kier alpha value is -3.20. The lowest BCUT2D eigenvalue weighted by Crippen LogP contribution is -2.31. The number of imidazole rings is 1. The summed E-state index contributed by atoms with van der Waals surface area (Å²) in [4.78, 5) is 45.5. The predicted octanol–water partition coefficient (Wildman–Crippen LogP) is -0.0901. The molecule has 3 heterocycles. The van der Waals surface area contributed by atoms with Crippen molar-refractivity contribution >= 4 is 39.2 Å². The highest BCUT2D eigenvalue weighted by Crippen LogP contribution is 2.14. The van der Waals surface area contributed by atoms with Crippen molar-refractivity contribution in [2.75, 3.05) is 19.0 Å². The molecule has 0 radical (unpaired) electrons. The molecular weight excluding hydrogens is 354 g/mol. The molecule has 3 aromatic heterocycles. The summed E-state index contributed by atoms with van der Waals surface area (Å²) in [6.45, 7) is 0. The molecule has 1 aromatic carbocycles. The highest BCUT2D eigenvalue weighted by atomic mass is 32.1. The molecule has 0 bridgehead atoms. The lowest BCUT2D eigenvalue weighted by Gasteiger charge is -2.11. The number of aryl methyl sites for hydroxylation is 1. The van der Waals surface area contributed by atoms with Crippen LogP contribution in [0, 0.1) is 0 Å². The molecule has 0 saturated carbocycles. The van der Waals surface area contributed by atoms with E-state index in [4.69, 9.17) is 0 Å². The molecule has 1 N–H and O–H groups in total. The van der Waals surface area contributed by atoms with Gasteiger partial charge in [-0.15, -0.1) is 0 Å².